The lowest BCUT2D eigenvalue weighted by atomic mass is 10.1. The number of H-pyrrole nitrogens is 1. The molecule has 1 fully saturated rings. The number of aromatic amines is 1. The Morgan fingerprint density at radius 3 is 2.94 bits per heavy atom. The molecule has 0 unspecified atom stereocenters. The van der Waals surface area contributed by atoms with Gasteiger partial charge in [-0.15, -0.1) is 0 Å². The lowest BCUT2D eigenvalue weighted by Crippen LogP contribution is -2.43. The molecule has 9 nitrogen and oxygen atoms in total. The number of benzene rings is 1. The summed E-state index contributed by atoms with van der Waals surface area (Å²) in [6, 6.07) is 10.1. The highest BCUT2D eigenvalue weighted by Gasteiger charge is 2.23. The number of hydrogen-bond donors (Lipinski definition) is 3. The normalized spacial score (nSPS) is 16.1. The quantitative estimate of drug-likeness (QED) is 0.434. The third-order valence-corrected chi connectivity index (χ3v) is 5.60. The predicted molar refractivity (Wildman–Crippen MR) is 123 cm³/mol. The van der Waals surface area contributed by atoms with Crippen LogP contribution in [0.25, 0.3) is 17.1 Å². The van der Waals surface area contributed by atoms with Crippen molar-refractivity contribution in [1.29, 1.82) is 0 Å². The Kier molecular flexibility index (Phi) is 5.57. The van der Waals surface area contributed by atoms with E-state index in [-0.39, 0.29) is 11.9 Å². The van der Waals surface area contributed by atoms with Crippen LogP contribution in [0.4, 0.5) is 15.8 Å². The van der Waals surface area contributed by atoms with E-state index in [0.29, 0.717) is 36.0 Å². The average Bonchev–Trinajstić information content (AvgIpc) is 3.52. The number of anilines is 2. The van der Waals surface area contributed by atoms with Crippen molar-refractivity contribution in [2.75, 3.05) is 23.3 Å². The minimum absolute atomic E-state index is 0.0264. The SMILES string of the molecule is N[C@@H]1CCCN(c2c(F)cccc2NC(=O)c2ncc(-c3ccnc(-n4cccn4)c3)[nH]2)C1. The van der Waals surface area contributed by atoms with Gasteiger partial charge in [-0.3, -0.25) is 4.79 Å². The van der Waals surface area contributed by atoms with E-state index in [1.807, 2.05) is 23.1 Å². The van der Waals surface area contributed by atoms with Crippen LogP contribution in [0.15, 0.2) is 61.2 Å². The molecule has 1 saturated heterocycles. The van der Waals surface area contributed by atoms with Gasteiger partial charge in [0, 0.05) is 43.3 Å². The Morgan fingerprint density at radius 2 is 2.12 bits per heavy atom. The van der Waals surface area contributed by atoms with Crippen molar-refractivity contribution < 1.29 is 9.18 Å². The maximum absolute atomic E-state index is 14.7. The molecule has 0 saturated carbocycles. The van der Waals surface area contributed by atoms with E-state index < -0.39 is 11.7 Å². The van der Waals surface area contributed by atoms with Crippen LogP contribution in [0.5, 0.6) is 0 Å². The largest absolute Gasteiger partial charge is 0.366 e. The van der Waals surface area contributed by atoms with Gasteiger partial charge in [-0.05, 0) is 43.2 Å². The van der Waals surface area contributed by atoms with E-state index >= 15 is 0 Å². The lowest BCUT2D eigenvalue weighted by Gasteiger charge is -2.34. The van der Waals surface area contributed by atoms with Gasteiger partial charge in [0.2, 0.25) is 0 Å². The monoisotopic (exact) mass is 446 g/mol. The van der Waals surface area contributed by atoms with Crippen molar-refractivity contribution in [3.8, 4) is 17.1 Å². The molecule has 33 heavy (non-hydrogen) atoms. The number of hydrogen-bond acceptors (Lipinski definition) is 6. The van der Waals surface area contributed by atoms with Gasteiger partial charge < -0.3 is 20.9 Å². The molecule has 4 aromatic rings. The van der Waals surface area contributed by atoms with E-state index in [1.54, 1.807) is 41.6 Å². The molecule has 1 aliphatic rings. The van der Waals surface area contributed by atoms with E-state index in [9.17, 15) is 9.18 Å². The summed E-state index contributed by atoms with van der Waals surface area (Å²) < 4.78 is 16.4. The van der Waals surface area contributed by atoms with Crippen LogP contribution < -0.4 is 16.0 Å². The van der Waals surface area contributed by atoms with Crippen molar-refractivity contribution in [3.05, 3.63) is 72.8 Å². The second kappa shape index (κ2) is 8.83. The number of piperidine rings is 1. The van der Waals surface area contributed by atoms with Crippen LogP contribution in [-0.2, 0) is 0 Å². The van der Waals surface area contributed by atoms with E-state index in [1.165, 1.54) is 6.07 Å². The van der Waals surface area contributed by atoms with Gasteiger partial charge in [0.05, 0.1) is 23.3 Å². The lowest BCUT2D eigenvalue weighted by molar-refractivity contribution is 0.101. The fourth-order valence-electron chi connectivity index (χ4n) is 4.03. The zero-order valence-corrected chi connectivity index (χ0v) is 17.8. The topological polar surface area (TPSA) is 118 Å². The standard InChI is InChI=1S/C23H23FN8O/c24-17-5-1-6-18(21(17)31-10-2-4-16(25)14-31)30-23(33)22-27-13-19(29-22)15-7-9-26-20(12-15)32-11-3-8-28-32/h1,3,5-9,11-13,16H,2,4,10,14,25H2,(H,27,29)(H,30,33)/t16-/m1/s1. The molecule has 1 aliphatic heterocycles. The van der Waals surface area contributed by atoms with Gasteiger partial charge in [0.25, 0.3) is 5.91 Å². The maximum Gasteiger partial charge on any atom is 0.291 e. The molecular weight excluding hydrogens is 423 g/mol. The summed E-state index contributed by atoms with van der Waals surface area (Å²) in [5.41, 5.74) is 8.27. The molecule has 0 bridgehead atoms. The Balaban J connectivity index is 1.37. The Hall–Kier alpha value is -4.05. The number of imidazole rings is 1. The third-order valence-electron chi connectivity index (χ3n) is 5.60. The van der Waals surface area contributed by atoms with Gasteiger partial charge in [-0.2, -0.15) is 5.10 Å². The smallest absolute Gasteiger partial charge is 0.291 e. The van der Waals surface area contributed by atoms with E-state index in [2.05, 4.69) is 25.4 Å². The number of carbonyl (C=O) groups is 1. The van der Waals surface area contributed by atoms with Gasteiger partial charge in [-0.25, -0.2) is 19.0 Å². The first-order chi connectivity index (χ1) is 16.1. The van der Waals surface area contributed by atoms with Gasteiger partial charge in [0.15, 0.2) is 11.6 Å². The van der Waals surface area contributed by atoms with Crippen molar-refractivity contribution in [2.45, 2.75) is 18.9 Å². The zero-order valence-electron chi connectivity index (χ0n) is 17.8. The molecule has 168 valence electrons. The van der Waals surface area contributed by atoms with Crippen molar-refractivity contribution in [1.82, 2.24) is 24.7 Å². The van der Waals surface area contributed by atoms with Gasteiger partial charge >= 0.3 is 0 Å². The van der Waals surface area contributed by atoms with Crippen molar-refractivity contribution in [2.24, 2.45) is 5.73 Å². The summed E-state index contributed by atoms with van der Waals surface area (Å²) in [4.78, 5) is 26.4. The molecule has 0 spiro atoms. The van der Waals surface area contributed by atoms with Crippen LogP contribution in [-0.4, -0.2) is 49.8 Å². The molecule has 3 aromatic heterocycles. The molecule has 1 aromatic carbocycles. The van der Waals surface area contributed by atoms with Gasteiger partial charge in [-0.1, -0.05) is 6.07 Å². The molecular formula is C23H23FN8O. The maximum atomic E-state index is 14.7. The number of carbonyl (C=O) groups excluding carboxylic acids is 1. The molecule has 4 heterocycles. The predicted octanol–water partition coefficient (Wildman–Crippen LogP) is 2.98. The number of rotatable bonds is 5. The first kappa shape index (κ1) is 20.8. The summed E-state index contributed by atoms with van der Waals surface area (Å²) in [7, 11) is 0. The molecule has 1 amide bonds. The van der Waals surface area contributed by atoms with E-state index in [0.717, 1.165) is 18.4 Å². The first-order valence-electron chi connectivity index (χ1n) is 10.7. The summed E-state index contributed by atoms with van der Waals surface area (Å²) in [5, 5.41) is 6.98. The molecule has 0 aliphatic carbocycles. The van der Waals surface area contributed by atoms with Crippen LogP contribution in [0.1, 0.15) is 23.5 Å². The number of para-hydroxylation sites is 1. The molecule has 5 rings (SSSR count). The number of nitrogens with two attached hydrogens (primary N) is 1. The van der Waals surface area contributed by atoms with Crippen molar-refractivity contribution in [3.63, 3.8) is 0 Å². The highest BCUT2D eigenvalue weighted by atomic mass is 19.1. The Morgan fingerprint density at radius 1 is 1.21 bits per heavy atom. The Labute approximate surface area is 189 Å². The average molecular weight is 446 g/mol. The summed E-state index contributed by atoms with van der Waals surface area (Å²) >= 11 is 0. The van der Waals surface area contributed by atoms with Crippen molar-refractivity contribution >= 4 is 17.3 Å². The number of aromatic nitrogens is 5. The van der Waals surface area contributed by atoms with Crippen LogP contribution in [0, 0.1) is 5.82 Å². The zero-order chi connectivity index (χ0) is 22.8. The molecule has 1 atom stereocenters. The van der Waals surface area contributed by atoms with Crippen LogP contribution in [0.2, 0.25) is 0 Å². The summed E-state index contributed by atoms with van der Waals surface area (Å²) in [6.07, 6.45) is 8.48. The number of nitrogens with zero attached hydrogens (tertiary/aromatic N) is 5. The number of halogens is 1. The minimum Gasteiger partial charge on any atom is -0.366 e. The molecule has 0 radical (unpaired) electrons. The third kappa shape index (κ3) is 4.33. The molecule has 10 heteroatoms. The van der Waals surface area contributed by atoms with Crippen LogP contribution >= 0.6 is 0 Å². The highest BCUT2D eigenvalue weighted by molar-refractivity contribution is 6.04. The second-order valence-electron chi connectivity index (χ2n) is 7.94. The number of amides is 1. The summed E-state index contributed by atoms with van der Waals surface area (Å²) in [6.45, 7) is 1.22. The number of nitrogens with one attached hydrogen (secondary N) is 2. The first-order valence-corrected chi connectivity index (χ1v) is 10.7. The summed E-state index contributed by atoms with van der Waals surface area (Å²) in [5.74, 6) is -0.101. The van der Waals surface area contributed by atoms with Crippen LogP contribution in [0.3, 0.4) is 0 Å². The van der Waals surface area contributed by atoms with Gasteiger partial charge in [0.1, 0.15) is 5.82 Å². The second-order valence-corrected chi connectivity index (χ2v) is 7.94. The highest BCUT2D eigenvalue weighted by Crippen LogP contribution is 2.31. The fourth-order valence-corrected chi connectivity index (χ4v) is 4.03. The van der Waals surface area contributed by atoms with E-state index in [4.69, 9.17) is 5.73 Å². The Bertz CT molecular complexity index is 1270. The minimum atomic E-state index is -0.462. The fraction of sp³-hybridized carbons (Fsp3) is 0.217. The molecule has 4 N–H and O–H groups in total. The number of pyridine rings is 1.